The monoisotopic (exact) mass is 1470 g/mol. The summed E-state index contributed by atoms with van der Waals surface area (Å²) >= 11 is 0. The molecule has 3 rings (SSSR count). The predicted octanol–water partition coefficient (Wildman–Crippen LogP) is 27.8. The van der Waals surface area contributed by atoms with Gasteiger partial charge in [-0.2, -0.15) is 0 Å². The third kappa shape index (κ3) is 37.4. The molecule has 0 radical (unpaired) electrons. The van der Waals surface area contributed by atoms with Gasteiger partial charge in [0.1, 0.15) is 17.2 Å². The number of hydrogen-bond donors (Lipinski definition) is 9. The molecule has 11 nitrogen and oxygen atoms in total. The van der Waals surface area contributed by atoms with Crippen molar-refractivity contribution >= 4 is 15.6 Å². The molecule has 0 spiro atoms. The fourth-order valence-electron chi connectivity index (χ4n) is 17.1. The number of phenolic OH excluding ortho intramolecular Hbond substituents is 3. The van der Waals surface area contributed by atoms with E-state index in [0.29, 0.717) is 17.2 Å². The third-order valence-electron chi connectivity index (χ3n) is 22.7. The smallest absolute Gasteiger partial charge is 0.466 e. The minimum absolute atomic E-state index is 0.268. The average Bonchev–Trinajstić information content (AvgIpc) is 0.684. The van der Waals surface area contributed by atoms with Crippen LogP contribution in [0.5, 0.6) is 17.2 Å². The first kappa shape index (κ1) is 97.3. The van der Waals surface area contributed by atoms with E-state index in [1.54, 1.807) is 0 Å². The van der Waals surface area contributed by atoms with E-state index in [1.807, 2.05) is 0 Å². The first-order valence-corrected chi connectivity index (χ1v) is 45.1. The zero-order chi connectivity index (χ0) is 77.1. The molecule has 0 aliphatic carbocycles. The van der Waals surface area contributed by atoms with E-state index in [4.69, 9.17) is 38.5 Å². The van der Waals surface area contributed by atoms with Crippen molar-refractivity contribution < 1.29 is 53.8 Å². The van der Waals surface area contributed by atoms with Gasteiger partial charge in [0.25, 0.3) is 0 Å². The van der Waals surface area contributed by atoms with Crippen LogP contribution in [0, 0.1) is 26.2 Å². The van der Waals surface area contributed by atoms with Crippen LogP contribution in [0.25, 0.3) is 0 Å². The van der Waals surface area contributed by atoms with Gasteiger partial charge in [-0.1, -0.05) is 398 Å². The van der Waals surface area contributed by atoms with Crippen molar-refractivity contribution in [3.8, 4) is 17.2 Å². The largest absolute Gasteiger partial charge is 0.508 e. The van der Waals surface area contributed by atoms with Gasteiger partial charge in [0, 0.05) is 5.41 Å². The quantitative estimate of drug-likeness (QED) is 0.0191. The van der Waals surface area contributed by atoms with Crippen molar-refractivity contribution in [2.45, 2.75) is 453 Å². The fourth-order valence-corrected chi connectivity index (χ4v) is 17.1. The van der Waals surface area contributed by atoms with Crippen LogP contribution < -0.4 is 0 Å². The molecule has 102 heavy (non-hydrogen) atoms. The Hall–Kier alpha value is -2.72. The molecular formula is C89H162O11P2. The molecular weight excluding hydrogens is 1310 g/mol. The molecule has 0 saturated carbocycles. The van der Waals surface area contributed by atoms with Crippen molar-refractivity contribution in [3.05, 3.63) is 86.5 Å². The lowest BCUT2D eigenvalue weighted by atomic mass is 9.40. The third-order valence-corrected chi connectivity index (χ3v) is 22.7. The molecule has 0 fully saturated rings. The summed E-state index contributed by atoms with van der Waals surface area (Å²) in [6.45, 7) is 40.0. The maximum Gasteiger partial charge on any atom is 0.466 e. The predicted molar refractivity (Wildman–Crippen MR) is 438 cm³/mol. The van der Waals surface area contributed by atoms with Gasteiger partial charge in [0.15, 0.2) is 0 Å². The van der Waals surface area contributed by atoms with Gasteiger partial charge in [0.05, 0.1) is 0 Å². The molecule has 3 aromatic rings. The number of unbranched alkanes of at least 4 members (excludes halogenated alkanes) is 40. The average molecular weight is 1470 g/mol. The highest BCUT2D eigenvalue weighted by atomic mass is 31.2. The Kier molecular flexibility index (Phi) is 48.5. The van der Waals surface area contributed by atoms with Gasteiger partial charge in [-0.05, 0) is 142 Å². The Morgan fingerprint density at radius 2 is 0.431 bits per heavy atom. The van der Waals surface area contributed by atoms with Crippen LogP contribution in [0.15, 0.2) is 36.4 Å². The summed E-state index contributed by atoms with van der Waals surface area (Å²) < 4.78 is 17.8. The first-order valence-electron chi connectivity index (χ1n) is 41.9. The van der Waals surface area contributed by atoms with Crippen LogP contribution in [0.4, 0.5) is 0 Å². The molecule has 0 aliphatic rings. The van der Waals surface area contributed by atoms with Crippen LogP contribution in [0.3, 0.4) is 0 Å². The highest BCUT2D eigenvalue weighted by Gasteiger charge is 2.62. The van der Waals surface area contributed by atoms with Gasteiger partial charge < -0.3 is 44.7 Å². The highest BCUT2D eigenvalue weighted by molar-refractivity contribution is 7.45. The van der Waals surface area contributed by atoms with E-state index in [0.717, 1.165) is 68.1 Å². The molecule has 0 bridgehead atoms. The van der Waals surface area contributed by atoms with Crippen molar-refractivity contribution in [2.75, 3.05) is 0 Å². The summed E-state index contributed by atoms with van der Waals surface area (Å²) in [4.78, 5) is 43.1. The Bertz CT molecular complexity index is 2640. The number of phosphoric acid groups is 2. The van der Waals surface area contributed by atoms with E-state index in [2.05, 4.69) is 154 Å². The molecule has 0 aliphatic heterocycles. The molecule has 0 saturated heterocycles. The van der Waals surface area contributed by atoms with Crippen LogP contribution in [-0.4, -0.2) is 44.7 Å². The summed E-state index contributed by atoms with van der Waals surface area (Å²) in [6.07, 6.45) is 61.9. The second kappa shape index (κ2) is 50.8. The first-order chi connectivity index (χ1) is 47.8. The number of phenols is 3. The summed E-state index contributed by atoms with van der Waals surface area (Å²) in [6, 6.07) is 14.2. The Morgan fingerprint density at radius 3 is 0.647 bits per heavy atom. The number of rotatable bonds is 53. The summed E-state index contributed by atoms with van der Waals surface area (Å²) in [5.74, 6) is 1.25. The number of benzene rings is 3. The highest BCUT2D eigenvalue weighted by Crippen LogP contribution is 2.68. The van der Waals surface area contributed by atoms with Crippen molar-refractivity contribution in [3.63, 3.8) is 0 Å². The van der Waals surface area contributed by atoms with Crippen LogP contribution >= 0.6 is 15.6 Å². The molecule has 0 aromatic heterocycles. The van der Waals surface area contributed by atoms with Gasteiger partial charge in [-0.25, -0.2) is 9.13 Å². The summed E-state index contributed by atoms with van der Waals surface area (Å²) in [7, 11) is -9.28. The topological polar surface area (TPSA) is 216 Å². The molecule has 9 N–H and O–H groups in total. The lowest BCUT2D eigenvalue weighted by molar-refractivity contribution is -0.000861. The van der Waals surface area contributed by atoms with Crippen molar-refractivity contribution in [1.29, 1.82) is 0 Å². The van der Waals surface area contributed by atoms with E-state index in [9.17, 15) is 15.3 Å². The number of hydrogen-bond acceptors (Lipinski definition) is 5. The zero-order valence-electron chi connectivity index (χ0n) is 69.1. The second-order valence-corrected chi connectivity index (χ2v) is 36.8. The molecule has 1 unspecified atom stereocenters. The Balaban J connectivity index is 0.00000484. The maximum atomic E-state index is 12.5. The minimum atomic E-state index is -4.64. The molecule has 1 atom stereocenters. The van der Waals surface area contributed by atoms with Crippen LogP contribution in [-0.2, 0) is 36.2 Å². The number of aromatic hydroxyl groups is 3. The van der Waals surface area contributed by atoms with Gasteiger partial charge in [0.2, 0.25) is 0 Å². The summed E-state index contributed by atoms with van der Waals surface area (Å²) in [5, 5.41) is 37.2. The molecule has 3 aromatic carbocycles. The normalized spacial score (nSPS) is 13.2. The Labute approximate surface area is 628 Å². The van der Waals surface area contributed by atoms with Crippen LogP contribution in [0.2, 0.25) is 0 Å². The fraction of sp³-hybridized carbons (Fsp3) is 0.798. The minimum Gasteiger partial charge on any atom is -0.508 e. The standard InChI is InChI=1S/C89H156O3.2H3O4P/c1-18-22-26-30-34-38-42-46-50-54-58-62-87(17,75-69-78(84(8,9)10)81(90)66-72(75)5)88(63-59-55-51-47-43-39-35-31-27-23-19-2,64-60-56-52-48-44-40-36-32-28-24-20-3)89(65-61-57-53-49-45-41-37-33-29-25-21-4,76-70-79(85(11,12)13)82(91)67-73(76)6)77-71-80(86(14,15)16)83(92)68-74(77)7;2*1-5(2,3)4/h66-71,90-92H,18-65H2,1-17H3;2*(H3,1,2,3,4). The number of aryl methyl sites for hydroxylation is 3. The SMILES string of the molecule is CCCCCCCCCCCCCC(C)(c1cc(C(C)(C)C)c(O)cc1C)C(CCCCCCCCCCCCC)(CCCCCCCCCCCCC)C(CCCCCCCCCCCCC)(c1cc(C(C)(C)C)c(O)cc1C)c1cc(C(C)(C)C)c(O)cc1C.O=P(O)(O)O.O=P(O)(O)O. The van der Waals surface area contributed by atoms with E-state index in [-0.39, 0.29) is 27.1 Å². The van der Waals surface area contributed by atoms with Gasteiger partial charge in [-0.15, -0.1) is 0 Å². The maximum absolute atomic E-state index is 12.5. The van der Waals surface area contributed by atoms with Gasteiger partial charge >= 0.3 is 15.6 Å². The van der Waals surface area contributed by atoms with E-state index >= 15 is 0 Å². The van der Waals surface area contributed by atoms with Crippen molar-refractivity contribution in [1.82, 2.24) is 0 Å². The lowest BCUT2D eigenvalue weighted by Gasteiger charge is -2.63. The molecule has 0 amide bonds. The van der Waals surface area contributed by atoms with Crippen molar-refractivity contribution in [2.24, 2.45) is 5.41 Å². The van der Waals surface area contributed by atoms with Crippen LogP contribution in [0.1, 0.15) is 455 Å². The lowest BCUT2D eigenvalue weighted by Crippen LogP contribution is -2.59. The van der Waals surface area contributed by atoms with E-state index < -0.39 is 21.1 Å². The molecule has 13 heteroatoms. The van der Waals surface area contributed by atoms with Gasteiger partial charge in [-0.3, -0.25) is 0 Å². The molecule has 594 valence electrons. The van der Waals surface area contributed by atoms with E-state index in [1.165, 1.54) is 290 Å². The second-order valence-electron chi connectivity index (χ2n) is 34.8. The Morgan fingerprint density at radius 1 is 0.255 bits per heavy atom. The summed E-state index contributed by atoms with van der Waals surface area (Å²) in [5.41, 5.74) is 8.87. The molecule has 0 heterocycles. The zero-order valence-corrected chi connectivity index (χ0v) is 70.9.